The van der Waals surface area contributed by atoms with E-state index in [0.29, 0.717) is 37.7 Å². The average Bonchev–Trinajstić information content (AvgIpc) is 3.28. The molecule has 0 radical (unpaired) electrons. The van der Waals surface area contributed by atoms with Gasteiger partial charge in [-0.15, -0.1) is 13.2 Å². The van der Waals surface area contributed by atoms with Crippen molar-refractivity contribution in [3.05, 3.63) is 83.9 Å². The molecule has 2 amide bonds. The summed E-state index contributed by atoms with van der Waals surface area (Å²) >= 11 is 0. The maximum Gasteiger partial charge on any atom is 0.266 e. The molecule has 4 rings (SSSR count). The summed E-state index contributed by atoms with van der Waals surface area (Å²) in [6, 6.07) is 7.83. The van der Waals surface area contributed by atoms with E-state index >= 15 is 0 Å². The Labute approximate surface area is 273 Å². The van der Waals surface area contributed by atoms with Crippen LogP contribution in [-0.4, -0.2) is 65.8 Å². The summed E-state index contributed by atoms with van der Waals surface area (Å²) in [5, 5.41) is 10.1. The third kappa shape index (κ3) is 11.0. The molecule has 45 heavy (non-hydrogen) atoms. The average molecular weight is 621 g/mol. The van der Waals surface area contributed by atoms with E-state index < -0.39 is 0 Å². The molecule has 1 fully saturated rings. The van der Waals surface area contributed by atoms with Gasteiger partial charge in [0.25, 0.3) is 11.8 Å². The highest BCUT2D eigenvalue weighted by Gasteiger charge is 2.44. The third-order valence-electron chi connectivity index (χ3n) is 8.19. The summed E-state index contributed by atoms with van der Waals surface area (Å²) < 4.78 is 13.3. The van der Waals surface area contributed by atoms with Crippen molar-refractivity contribution in [3.8, 4) is 6.07 Å². The Morgan fingerprint density at radius 2 is 1.67 bits per heavy atom. The van der Waals surface area contributed by atoms with Gasteiger partial charge in [-0.2, -0.15) is 5.26 Å². The molecule has 248 valence electrons. The molecule has 3 atom stereocenters. The van der Waals surface area contributed by atoms with Crippen LogP contribution >= 0.6 is 0 Å². The summed E-state index contributed by atoms with van der Waals surface area (Å²) in [5.41, 5.74) is 2.90. The molecule has 0 bridgehead atoms. The van der Waals surface area contributed by atoms with Crippen LogP contribution in [-0.2, 0) is 4.79 Å². The minimum absolute atomic E-state index is 0.0380. The number of rotatable bonds is 6. The topological polar surface area (TPSA) is 67.6 Å². The van der Waals surface area contributed by atoms with Crippen molar-refractivity contribution < 1.29 is 14.0 Å². The van der Waals surface area contributed by atoms with Crippen LogP contribution in [0.1, 0.15) is 96.8 Å². The normalized spacial score (nSPS) is 21.3. The molecule has 0 N–H and O–H groups in total. The fourth-order valence-electron chi connectivity index (χ4n) is 6.13. The van der Waals surface area contributed by atoms with Gasteiger partial charge in [-0.1, -0.05) is 71.3 Å². The van der Waals surface area contributed by atoms with E-state index in [2.05, 4.69) is 51.0 Å². The van der Waals surface area contributed by atoms with Gasteiger partial charge in [-0.05, 0) is 69.2 Å². The molecule has 1 aromatic carbocycles. The van der Waals surface area contributed by atoms with E-state index in [-0.39, 0.29) is 35.2 Å². The van der Waals surface area contributed by atoms with Crippen LogP contribution in [0.15, 0.2) is 72.5 Å². The zero-order chi connectivity index (χ0) is 33.9. The van der Waals surface area contributed by atoms with E-state index in [1.807, 2.05) is 33.9 Å². The molecule has 0 spiro atoms. The first-order valence-electron chi connectivity index (χ1n) is 16.8. The predicted molar refractivity (Wildman–Crippen MR) is 185 cm³/mol. The SMILES string of the molecule is C=CC.C=CCC.CC.CCCC1C(N2CCN(C(=O)c3ccc(F)cc3)CC2)=C(C#N)C(=O)N(C)C1C1=CC(C)CCCC1. The fourth-order valence-corrected chi connectivity index (χ4v) is 6.13. The van der Waals surface area contributed by atoms with E-state index in [1.165, 1.54) is 42.7 Å². The largest absolute Gasteiger partial charge is 0.370 e. The van der Waals surface area contributed by atoms with Crippen molar-refractivity contribution in [2.24, 2.45) is 11.8 Å². The van der Waals surface area contributed by atoms with E-state index in [9.17, 15) is 19.2 Å². The number of piperazine rings is 1. The van der Waals surface area contributed by atoms with Gasteiger partial charge >= 0.3 is 0 Å². The first kappa shape index (κ1) is 39.4. The summed E-state index contributed by atoms with van der Waals surface area (Å²) in [5.74, 6) is -0.145. The monoisotopic (exact) mass is 620 g/mol. The molecule has 0 saturated carbocycles. The maximum atomic E-state index is 13.5. The molecule has 7 heteroatoms. The van der Waals surface area contributed by atoms with Crippen LogP contribution in [0.5, 0.6) is 0 Å². The van der Waals surface area contributed by atoms with Crippen LogP contribution < -0.4 is 0 Å². The summed E-state index contributed by atoms with van der Waals surface area (Å²) in [4.78, 5) is 32.2. The lowest BCUT2D eigenvalue weighted by Gasteiger charge is -2.47. The maximum absolute atomic E-state index is 13.5. The predicted octanol–water partition coefficient (Wildman–Crippen LogP) is 8.56. The first-order chi connectivity index (χ1) is 21.7. The van der Waals surface area contributed by atoms with Crippen molar-refractivity contribution in [3.63, 3.8) is 0 Å². The van der Waals surface area contributed by atoms with E-state index in [0.717, 1.165) is 37.8 Å². The van der Waals surface area contributed by atoms with E-state index in [1.54, 1.807) is 15.9 Å². The highest BCUT2D eigenvalue weighted by Crippen LogP contribution is 2.40. The highest BCUT2D eigenvalue weighted by molar-refractivity contribution is 5.99. The van der Waals surface area contributed by atoms with Crippen LogP contribution in [0.25, 0.3) is 0 Å². The van der Waals surface area contributed by atoms with Crippen molar-refractivity contribution in [2.45, 2.75) is 92.5 Å². The lowest BCUT2D eigenvalue weighted by atomic mass is 9.78. The van der Waals surface area contributed by atoms with Gasteiger partial charge < -0.3 is 14.7 Å². The standard InChI is InChI=1S/C29H37FN4O2.C4H8.C3H6.C2H6/c1-4-7-24-26(22-9-6-5-8-20(2)18-22)32(3)29(36)25(19-31)27(24)33-14-16-34(17-15-33)28(35)21-10-12-23(30)13-11-21;1-3-4-2;1-3-2;1-2/h10-13,18,20,24,26H,4-9,14-17H2,1-3H3;3H,1,4H2,2H3;3H,1H2,2H3;1-2H3. The molecular formula is C38H57FN4O2. The second-order valence-corrected chi connectivity index (χ2v) is 11.5. The zero-order valence-corrected chi connectivity index (χ0v) is 28.9. The number of benzene rings is 1. The van der Waals surface area contributed by atoms with Gasteiger partial charge in [-0.25, -0.2) is 4.39 Å². The number of allylic oxidation sites excluding steroid dienone is 3. The Morgan fingerprint density at radius 1 is 1.09 bits per heavy atom. The number of hydrogen-bond acceptors (Lipinski definition) is 4. The second kappa shape index (κ2) is 21.1. The van der Waals surface area contributed by atoms with Crippen molar-refractivity contribution in [1.29, 1.82) is 5.26 Å². The van der Waals surface area contributed by atoms with Gasteiger partial charge in [-0.3, -0.25) is 9.59 Å². The fraction of sp³-hybridized carbons (Fsp3) is 0.553. The van der Waals surface area contributed by atoms with Crippen LogP contribution in [0.3, 0.4) is 0 Å². The minimum atomic E-state index is -0.367. The number of hydrogen-bond donors (Lipinski definition) is 0. The number of nitriles is 1. The Morgan fingerprint density at radius 3 is 2.18 bits per heavy atom. The van der Waals surface area contributed by atoms with Crippen LogP contribution in [0.2, 0.25) is 0 Å². The molecule has 0 aromatic heterocycles. The molecule has 6 nitrogen and oxygen atoms in total. The molecule has 3 aliphatic rings. The highest BCUT2D eigenvalue weighted by atomic mass is 19.1. The number of carbonyl (C=O) groups is 2. The molecule has 2 heterocycles. The Balaban J connectivity index is 0.00000101. The Hall–Kier alpha value is -3.66. The third-order valence-corrected chi connectivity index (χ3v) is 8.19. The summed E-state index contributed by atoms with van der Waals surface area (Å²) in [6.45, 7) is 21.3. The molecule has 2 aliphatic heterocycles. The number of halogens is 1. The van der Waals surface area contributed by atoms with Gasteiger partial charge in [0.2, 0.25) is 0 Å². The number of carbonyl (C=O) groups excluding carboxylic acids is 2. The van der Waals surface area contributed by atoms with Crippen molar-refractivity contribution >= 4 is 11.8 Å². The number of likely N-dealkylation sites (N-methyl/N-ethyl adjacent to an activating group) is 1. The Kier molecular flexibility index (Phi) is 18.5. The minimum Gasteiger partial charge on any atom is -0.370 e. The van der Waals surface area contributed by atoms with Gasteiger partial charge in [0.15, 0.2) is 0 Å². The summed E-state index contributed by atoms with van der Waals surface area (Å²) in [6.07, 6.45) is 13.4. The van der Waals surface area contributed by atoms with E-state index in [4.69, 9.17) is 0 Å². The molecule has 3 unspecified atom stereocenters. The zero-order valence-electron chi connectivity index (χ0n) is 28.9. The quantitative estimate of drug-likeness (QED) is 0.299. The number of amides is 2. The summed E-state index contributed by atoms with van der Waals surface area (Å²) in [7, 11) is 1.85. The molecule has 1 saturated heterocycles. The molecular weight excluding hydrogens is 563 g/mol. The van der Waals surface area contributed by atoms with Gasteiger partial charge in [0.1, 0.15) is 17.5 Å². The van der Waals surface area contributed by atoms with Crippen LogP contribution in [0, 0.1) is 29.0 Å². The number of nitrogens with zero attached hydrogens (tertiary/aromatic N) is 4. The first-order valence-corrected chi connectivity index (χ1v) is 16.8. The van der Waals surface area contributed by atoms with Gasteiger partial charge in [0.05, 0.1) is 6.04 Å². The van der Waals surface area contributed by atoms with Crippen molar-refractivity contribution in [1.82, 2.24) is 14.7 Å². The lowest BCUT2D eigenvalue weighted by Crippen LogP contribution is -2.55. The second-order valence-electron chi connectivity index (χ2n) is 11.5. The smallest absolute Gasteiger partial charge is 0.266 e. The lowest BCUT2D eigenvalue weighted by molar-refractivity contribution is -0.129. The molecule has 1 aromatic rings. The van der Waals surface area contributed by atoms with Crippen LogP contribution in [0.4, 0.5) is 4.39 Å². The van der Waals surface area contributed by atoms with Gasteiger partial charge in [0, 0.05) is 50.4 Å². The molecule has 1 aliphatic carbocycles. The Bertz CT molecular complexity index is 1190. The van der Waals surface area contributed by atoms with Crippen molar-refractivity contribution in [2.75, 3.05) is 33.2 Å².